The van der Waals surface area contributed by atoms with Crippen molar-refractivity contribution in [2.24, 2.45) is 0 Å². The minimum atomic E-state index is -2.83. The third kappa shape index (κ3) is 1.45. The van der Waals surface area contributed by atoms with Gasteiger partial charge in [-0.1, -0.05) is 30.3 Å². The van der Waals surface area contributed by atoms with E-state index in [0.717, 1.165) is 0 Å². The van der Waals surface area contributed by atoms with E-state index in [2.05, 4.69) is 5.11 Å². The molecule has 0 heterocycles. The standard InChI is InChI=1S/C9H8O5/c10-7(11)9(14,8(12)13)6-4-2-1-3-5-6/h1-5,14H,(H,10,11)(H,12,13)/i/hD. The number of carboxylic acid groups (broad SMARTS) is 2. The zero-order valence-electron chi connectivity index (χ0n) is 8.01. The number of benzene rings is 1. The van der Waals surface area contributed by atoms with Gasteiger partial charge >= 0.3 is 11.9 Å². The van der Waals surface area contributed by atoms with Gasteiger partial charge in [-0.25, -0.2) is 9.59 Å². The Bertz CT molecular complexity index is 377. The molecule has 5 heteroatoms. The SMILES string of the molecule is [2H]OC(=O)[C@@](O)(C(=O)O)c1ccccc1. The summed E-state index contributed by atoms with van der Waals surface area (Å²) in [7, 11) is 0. The van der Waals surface area contributed by atoms with E-state index in [9.17, 15) is 14.7 Å². The molecule has 3 N–H and O–H groups in total. The molecule has 0 saturated carbocycles. The lowest BCUT2D eigenvalue weighted by Crippen LogP contribution is -2.43. The molecule has 0 saturated heterocycles. The highest BCUT2D eigenvalue weighted by molar-refractivity contribution is 6.02. The maximum Gasteiger partial charge on any atom is 0.352 e. The molecule has 1 aromatic rings. The van der Waals surface area contributed by atoms with Crippen LogP contribution in [-0.2, 0) is 15.2 Å². The minimum absolute atomic E-state index is 0.158. The molecule has 74 valence electrons. The predicted molar refractivity (Wildman–Crippen MR) is 45.6 cm³/mol. The van der Waals surface area contributed by atoms with Gasteiger partial charge in [0.1, 0.15) is 0 Å². The quantitative estimate of drug-likeness (QED) is 0.595. The van der Waals surface area contributed by atoms with Gasteiger partial charge in [-0.05, 0) is 0 Å². The molecule has 0 aliphatic heterocycles. The fourth-order valence-corrected chi connectivity index (χ4v) is 1.01. The molecular formula is C9H8O5. The first-order valence-corrected chi connectivity index (χ1v) is 3.72. The maximum absolute atomic E-state index is 11.0. The Hall–Kier alpha value is -1.88. The number of aliphatic hydroxyl groups is 1. The van der Waals surface area contributed by atoms with Crippen LogP contribution in [0.25, 0.3) is 1.43 Å². The minimum Gasteiger partial charge on any atom is -0.478 e. The van der Waals surface area contributed by atoms with Crippen LogP contribution in [0.1, 0.15) is 5.56 Å². The van der Waals surface area contributed by atoms with E-state index < -0.39 is 17.5 Å². The topological polar surface area (TPSA) is 94.8 Å². The lowest BCUT2D eigenvalue weighted by Gasteiger charge is -2.18. The van der Waals surface area contributed by atoms with Crippen molar-refractivity contribution in [1.29, 1.82) is 1.43 Å². The molecule has 0 spiro atoms. The number of hydrogen-bond donors (Lipinski definition) is 3. The van der Waals surface area contributed by atoms with Crippen LogP contribution >= 0.6 is 0 Å². The summed E-state index contributed by atoms with van der Waals surface area (Å²) in [6, 6.07) is 7.02. The third-order valence-corrected chi connectivity index (χ3v) is 1.80. The van der Waals surface area contributed by atoms with Crippen LogP contribution in [0.2, 0.25) is 0 Å². The third-order valence-electron chi connectivity index (χ3n) is 1.80. The molecule has 1 rings (SSSR count). The number of rotatable bonds is 3. The lowest BCUT2D eigenvalue weighted by molar-refractivity contribution is -0.177. The lowest BCUT2D eigenvalue weighted by atomic mass is 9.94. The van der Waals surface area contributed by atoms with E-state index in [0.29, 0.717) is 0 Å². The Kier molecular flexibility index (Phi) is 2.16. The van der Waals surface area contributed by atoms with E-state index in [4.69, 9.17) is 6.54 Å². The summed E-state index contributed by atoms with van der Waals surface area (Å²) in [6.45, 7) is 0. The Morgan fingerprint density at radius 3 is 2.21 bits per heavy atom. The van der Waals surface area contributed by atoms with Crippen molar-refractivity contribution in [2.75, 3.05) is 0 Å². The first kappa shape index (κ1) is 8.71. The van der Waals surface area contributed by atoms with Gasteiger partial charge in [0, 0.05) is 5.56 Å². The van der Waals surface area contributed by atoms with Crippen molar-refractivity contribution >= 4 is 11.9 Å². The van der Waals surface area contributed by atoms with Gasteiger partial charge in [-0.2, -0.15) is 0 Å². The average Bonchev–Trinajstić information content (AvgIpc) is 2.27. The normalized spacial score (nSPS) is 15.1. The molecule has 0 bridgehead atoms. The molecule has 1 aromatic carbocycles. The average molecular weight is 197 g/mol. The molecule has 0 aliphatic rings. The number of aliphatic carboxylic acids is 2. The Labute approximate surface area is 80.7 Å². The zero-order chi connectivity index (χ0) is 11.5. The summed E-state index contributed by atoms with van der Waals surface area (Å²) >= 11 is 0. The van der Waals surface area contributed by atoms with Crippen molar-refractivity contribution in [1.82, 2.24) is 0 Å². The van der Waals surface area contributed by atoms with E-state index in [1.54, 1.807) is 6.07 Å². The summed E-state index contributed by atoms with van der Waals surface area (Å²) in [4.78, 5) is 21.8. The predicted octanol–water partition coefficient (Wildman–Crippen LogP) is 0.0434. The molecule has 5 nitrogen and oxygen atoms in total. The van der Waals surface area contributed by atoms with Gasteiger partial charge in [-0.3, -0.25) is 0 Å². The van der Waals surface area contributed by atoms with Crippen LogP contribution in [-0.4, -0.2) is 27.3 Å². The largest absolute Gasteiger partial charge is 0.478 e. The van der Waals surface area contributed by atoms with Gasteiger partial charge < -0.3 is 15.3 Å². The van der Waals surface area contributed by atoms with Gasteiger partial charge in [0.05, 0.1) is 0 Å². The van der Waals surface area contributed by atoms with E-state index >= 15 is 0 Å². The van der Waals surface area contributed by atoms with E-state index in [1.165, 1.54) is 24.3 Å². The molecule has 14 heavy (non-hydrogen) atoms. The molecule has 0 amide bonds. The van der Waals surface area contributed by atoms with Crippen molar-refractivity contribution in [3.63, 3.8) is 0 Å². The monoisotopic (exact) mass is 197 g/mol. The van der Waals surface area contributed by atoms with Crippen LogP contribution < -0.4 is 0 Å². The molecule has 1 atom stereocenters. The summed E-state index contributed by atoms with van der Waals surface area (Å²) in [5.41, 5.74) is -2.99. The highest BCUT2D eigenvalue weighted by Gasteiger charge is 2.46. The first-order chi connectivity index (χ1) is 7.03. The van der Waals surface area contributed by atoms with E-state index in [1.807, 2.05) is 0 Å². The smallest absolute Gasteiger partial charge is 0.352 e. The van der Waals surface area contributed by atoms with Crippen molar-refractivity contribution < 1.29 is 24.9 Å². The molecule has 0 aliphatic carbocycles. The summed E-state index contributed by atoms with van der Waals surface area (Å²) in [6.07, 6.45) is 0. The number of carboxylic acids is 2. The zero-order valence-corrected chi connectivity index (χ0v) is 7.01. The van der Waals surface area contributed by atoms with Gasteiger partial charge in [0.25, 0.3) is 7.03 Å². The number of carbonyl (C=O) groups is 2. The Morgan fingerprint density at radius 2 is 1.79 bits per heavy atom. The van der Waals surface area contributed by atoms with Crippen LogP contribution in [0.3, 0.4) is 0 Å². The summed E-state index contributed by atoms with van der Waals surface area (Å²) in [5.74, 6) is -3.34. The van der Waals surface area contributed by atoms with Crippen molar-refractivity contribution in [2.45, 2.75) is 5.60 Å². The molecule has 0 radical (unpaired) electrons. The second-order valence-electron chi connectivity index (χ2n) is 2.67. The highest BCUT2D eigenvalue weighted by atomic mass is 16.4. The Balaban J connectivity index is 3.25. The summed E-state index contributed by atoms with van der Waals surface area (Å²) in [5, 5.41) is 21.9. The second-order valence-corrected chi connectivity index (χ2v) is 2.67. The molecule has 0 unspecified atom stereocenters. The van der Waals surface area contributed by atoms with Gasteiger partial charge in [0.15, 0.2) is 0 Å². The summed E-state index contributed by atoms with van der Waals surface area (Å²) < 4.78 is 6.33. The molecule has 0 aromatic heterocycles. The highest BCUT2D eigenvalue weighted by Crippen LogP contribution is 2.21. The Morgan fingerprint density at radius 1 is 1.21 bits per heavy atom. The maximum atomic E-state index is 11.0. The second kappa shape index (κ2) is 3.47. The molecule has 0 fully saturated rings. The van der Waals surface area contributed by atoms with Crippen molar-refractivity contribution in [3.8, 4) is 0 Å². The van der Waals surface area contributed by atoms with Crippen LogP contribution in [0.4, 0.5) is 0 Å². The van der Waals surface area contributed by atoms with Gasteiger partial charge in [-0.15, -0.1) is 0 Å². The number of hydrogen-bond acceptors (Lipinski definition) is 4. The van der Waals surface area contributed by atoms with Crippen LogP contribution in [0, 0.1) is 0 Å². The first-order valence-electron chi connectivity index (χ1n) is 4.13. The van der Waals surface area contributed by atoms with E-state index in [-0.39, 0.29) is 5.56 Å². The fraction of sp³-hybridized carbons (Fsp3) is 0.111. The molecular weight excluding hydrogens is 188 g/mol. The van der Waals surface area contributed by atoms with Crippen molar-refractivity contribution in [3.05, 3.63) is 35.9 Å². The van der Waals surface area contributed by atoms with Crippen LogP contribution in [0.5, 0.6) is 0 Å². The van der Waals surface area contributed by atoms with Gasteiger partial charge in [0.2, 0.25) is 0 Å². The fourth-order valence-electron chi connectivity index (χ4n) is 1.01. The van der Waals surface area contributed by atoms with Crippen LogP contribution in [0.15, 0.2) is 30.3 Å².